The summed E-state index contributed by atoms with van der Waals surface area (Å²) >= 11 is 13.3. The van der Waals surface area contributed by atoms with Gasteiger partial charge >= 0.3 is 5.97 Å². The van der Waals surface area contributed by atoms with Gasteiger partial charge in [0.15, 0.2) is 6.61 Å². The Morgan fingerprint density at radius 2 is 2.04 bits per heavy atom. The molecule has 0 spiro atoms. The SMILES string of the molecule is CN(C(=O)COC(=O)c1sc2cc(Cl)ccc2c1Cl)C(C)(C)C#N. The van der Waals surface area contributed by atoms with Crippen LogP contribution in [0.3, 0.4) is 0 Å². The van der Waals surface area contributed by atoms with Crippen molar-refractivity contribution in [1.82, 2.24) is 4.90 Å². The summed E-state index contributed by atoms with van der Waals surface area (Å²) in [5.41, 5.74) is -0.991. The third-order valence-corrected chi connectivity index (χ3v) is 5.46. The van der Waals surface area contributed by atoms with Crippen LogP contribution in [-0.4, -0.2) is 36.0 Å². The molecule has 2 aromatic rings. The van der Waals surface area contributed by atoms with E-state index in [1.165, 1.54) is 11.9 Å². The summed E-state index contributed by atoms with van der Waals surface area (Å²) in [7, 11) is 1.48. The Morgan fingerprint density at radius 1 is 1.38 bits per heavy atom. The fraction of sp³-hybridized carbons (Fsp3) is 0.312. The highest BCUT2D eigenvalue weighted by molar-refractivity contribution is 7.21. The molecule has 8 heteroatoms. The zero-order valence-electron chi connectivity index (χ0n) is 13.2. The molecular weight excluding hydrogens is 371 g/mol. The zero-order valence-corrected chi connectivity index (χ0v) is 15.6. The quantitative estimate of drug-likeness (QED) is 0.743. The van der Waals surface area contributed by atoms with E-state index < -0.39 is 24.0 Å². The summed E-state index contributed by atoms with van der Waals surface area (Å²) in [5, 5.41) is 10.5. The summed E-state index contributed by atoms with van der Waals surface area (Å²) < 4.78 is 5.80. The number of halogens is 2. The van der Waals surface area contributed by atoms with Crippen molar-refractivity contribution in [2.75, 3.05) is 13.7 Å². The Morgan fingerprint density at radius 3 is 2.67 bits per heavy atom. The first-order chi connectivity index (χ1) is 11.2. The van der Waals surface area contributed by atoms with E-state index in [0.717, 1.165) is 16.0 Å². The normalized spacial score (nSPS) is 11.2. The summed E-state index contributed by atoms with van der Waals surface area (Å²) in [4.78, 5) is 25.7. The fourth-order valence-electron chi connectivity index (χ4n) is 1.85. The van der Waals surface area contributed by atoms with Gasteiger partial charge in [0.25, 0.3) is 5.91 Å². The first-order valence-corrected chi connectivity index (χ1v) is 8.47. The molecular formula is C16H14Cl2N2O3S. The number of hydrogen-bond donors (Lipinski definition) is 0. The lowest BCUT2D eigenvalue weighted by Crippen LogP contribution is -2.45. The van der Waals surface area contributed by atoms with E-state index in [1.54, 1.807) is 32.0 Å². The largest absolute Gasteiger partial charge is 0.451 e. The molecule has 1 amide bonds. The number of nitrogens with zero attached hydrogens (tertiary/aromatic N) is 2. The Labute approximate surface area is 153 Å². The van der Waals surface area contributed by atoms with Gasteiger partial charge < -0.3 is 9.64 Å². The van der Waals surface area contributed by atoms with Gasteiger partial charge in [0.05, 0.1) is 11.1 Å². The van der Waals surface area contributed by atoms with Crippen LogP contribution in [0.1, 0.15) is 23.5 Å². The number of benzene rings is 1. The Balaban J connectivity index is 2.12. The van der Waals surface area contributed by atoms with Gasteiger partial charge in [0.1, 0.15) is 10.4 Å². The second-order valence-electron chi connectivity index (χ2n) is 5.59. The molecule has 0 bridgehead atoms. The lowest BCUT2D eigenvalue weighted by molar-refractivity contribution is -0.136. The summed E-state index contributed by atoms with van der Waals surface area (Å²) in [6.07, 6.45) is 0. The molecule has 0 unspecified atom stereocenters. The minimum Gasteiger partial charge on any atom is -0.451 e. The van der Waals surface area contributed by atoms with Gasteiger partial charge in [-0.2, -0.15) is 5.26 Å². The van der Waals surface area contributed by atoms with Crippen molar-refractivity contribution in [2.45, 2.75) is 19.4 Å². The monoisotopic (exact) mass is 384 g/mol. The van der Waals surface area contributed by atoms with Crippen LogP contribution in [0.25, 0.3) is 10.1 Å². The van der Waals surface area contributed by atoms with Gasteiger partial charge in [0.2, 0.25) is 0 Å². The first kappa shape index (κ1) is 18.5. The van der Waals surface area contributed by atoms with E-state index in [9.17, 15) is 9.59 Å². The second kappa shape index (κ2) is 6.98. The average Bonchev–Trinajstić information content (AvgIpc) is 2.87. The van der Waals surface area contributed by atoms with Crippen molar-refractivity contribution in [3.05, 3.63) is 33.1 Å². The molecule has 1 aromatic heterocycles. The number of carbonyl (C=O) groups excluding carboxylic acids is 2. The minimum atomic E-state index is -0.991. The number of amides is 1. The summed E-state index contributed by atoms with van der Waals surface area (Å²) in [5.74, 6) is -1.16. The number of likely N-dealkylation sites (N-methyl/N-ethyl adjacent to an activating group) is 1. The van der Waals surface area contributed by atoms with E-state index in [4.69, 9.17) is 33.2 Å². The maximum absolute atomic E-state index is 12.2. The molecule has 2 rings (SSSR count). The number of hydrogen-bond acceptors (Lipinski definition) is 5. The Hall–Kier alpha value is -1.81. The van der Waals surface area contributed by atoms with Crippen LogP contribution in [0.15, 0.2) is 18.2 Å². The second-order valence-corrected chi connectivity index (χ2v) is 7.45. The van der Waals surface area contributed by atoms with E-state index in [0.29, 0.717) is 10.4 Å². The van der Waals surface area contributed by atoms with Crippen molar-refractivity contribution >= 4 is 56.5 Å². The van der Waals surface area contributed by atoms with Gasteiger partial charge in [-0.05, 0) is 26.0 Å². The molecule has 0 aliphatic carbocycles. The van der Waals surface area contributed by atoms with Crippen LogP contribution >= 0.6 is 34.5 Å². The molecule has 0 aliphatic heterocycles. The number of esters is 1. The lowest BCUT2D eigenvalue weighted by Gasteiger charge is -2.28. The Kier molecular flexibility index (Phi) is 5.38. The number of rotatable bonds is 4. The smallest absolute Gasteiger partial charge is 0.350 e. The molecule has 1 heterocycles. The van der Waals surface area contributed by atoms with Crippen molar-refractivity contribution in [2.24, 2.45) is 0 Å². The summed E-state index contributed by atoms with van der Waals surface area (Å²) in [6.45, 7) is 2.73. The van der Waals surface area contributed by atoms with Crippen molar-refractivity contribution < 1.29 is 14.3 Å². The standard InChI is InChI=1S/C16H14Cl2N2O3S/c1-16(2,8-19)20(3)12(21)7-23-15(22)14-13(18)10-5-4-9(17)6-11(10)24-14/h4-6H,7H2,1-3H3. The number of carbonyl (C=O) groups is 2. The highest BCUT2D eigenvalue weighted by atomic mass is 35.5. The van der Waals surface area contributed by atoms with Gasteiger partial charge in [-0.15, -0.1) is 11.3 Å². The molecule has 1 aromatic carbocycles. The molecule has 0 N–H and O–H groups in total. The number of fused-ring (bicyclic) bond motifs is 1. The average molecular weight is 385 g/mol. The van der Waals surface area contributed by atoms with Gasteiger partial charge in [-0.1, -0.05) is 29.3 Å². The molecule has 0 fully saturated rings. The van der Waals surface area contributed by atoms with Crippen LogP contribution in [0.5, 0.6) is 0 Å². The van der Waals surface area contributed by atoms with E-state index in [2.05, 4.69) is 0 Å². The number of thiophene rings is 1. The summed E-state index contributed by atoms with van der Waals surface area (Å²) in [6, 6.07) is 7.12. The highest BCUT2D eigenvalue weighted by Gasteiger charge is 2.28. The van der Waals surface area contributed by atoms with Crippen LogP contribution in [0, 0.1) is 11.3 Å². The van der Waals surface area contributed by atoms with Crippen molar-refractivity contribution in [3.63, 3.8) is 0 Å². The fourth-order valence-corrected chi connectivity index (χ4v) is 3.52. The molecule has 5 nitrogen and oxygen atoms in total. The van der Waals surface area contributed by atoms with Gasteiger partial charge in [-0.3, -0.25) is 4.79 Å². The number of ether oxygens (including phenoxy) is 1. The highest BCUT2D eigenvalue weighted by Crippen LogP contribution is 2.37. The molecule has 0 aliphatic rings. The molecule has 24 heavy (non-hydrogen) atoms. The number of nitriles is 1. The van der Waals surface area contributed by atoms with E-state index >= 15 is 0 Å². The van der Waals surface area contributed by atoms with Crippen molar-refractivity contribution in [3.8, 4) is 6.07 Å². The van der Waals surface area contributed by atoms with Crippen LogP contribution in [-0.2, 0) is 9.53 Å². The zero-order chi connectivity index (χ0) is 18.1. The molecule has 0 atom stereocenters. The molecule has 0 saturated heterocycles. The van der Waals surface area contributed by atoms with Gasteiger partial charge in [0, 0.05) is 22.2 Å². The first-order valence-electron chi connectivity index (χ1n) is 6.90. The van der Waals surface area contributed by atoms with Gasteiger partial charge in [-0.25, -0.2) is 4.79 Å². The third-order valence-electron chi connectivity index (χ3n) is 3.59. The van der Waals surface area contributed by atoms with E-state index in [-0.39, 0.29) is 9.90 Å². The van der Waals surface area contributed by atoms with E-state index in [1.807, 2.05) is 6.07 Å². The van der Waals surface area contributed by atoms with Crippen LogP contribution in [0.4, 0.5) is 0 Å². The molecule has 126 valence electrons. The lowest BCUT2D eigenvalue weighted by atomic mass is 10.1. The maximum atomic E-state index is 12.2. The van der Waals surface area contributed by atoms with Crippen LogP contribution in [0.2, 0.25) is 10.0 Å². The topological polar surface area (TPSA) is 70.4 Å². The van der Waals surface area contributed by atoms with Crippen molar-refractivity contribution in [1.29, 1.82) is 5.26 Å². The maximum Gasteiger partial charge on any atom is 0.350 e. The minimum absolute atomic E-state index is 0.212. The van der Waals surface area contributed by atoms with Crippen LogP contribution < -0.4 is 0 Å². The predicted octanol–water partition coefficient (Wildman–Crippen LogP) is 4.13. The molecule has 0 saturated carbocycles. The molecule has 0 radical (unpaired) electrons. The predicted molar refractivity (Wildman–Crippen MR) is 94.6 cm³/mol. The Bertz CT molecular complexity index is 855. The third kappa shape index (κ3) is 3.64.